The molecule has 0 aliphatic rings. The third-order valence-electron chi connectivity index (χ3n) is 2.98. The Morgan fingerprint density at radius 3 is 2.60 bits per heavy atom. The number of aliphatic carboxylic acids is 1. The van der Waals surface area contributed by atoms with Crippen molar-refractivity contribution in [2.75, 3.05) is 6.54 Å². The van der Waals surface area contributed by atoms with Gasteiger partial charge in [-0.1, -0.05) is 6.92 Å². The Morgan fingerprint density at radius 1 is 1.25 bits per heavy atom. The second-order valence-electron chi connectivity index (χ2n) is 4.79. The molecule has 0 radical (unpaired) electrons. The van der Waals surface area contributed by atoms with E-state index in [9.17, 15) is 9.59 Å². The summed E-state index contributed by atoms with van der Waals surface area (Å²) < 4.78 is 0. The van der Waals surface area contributed by atoms with Gasteiger partial charge in [0.15, 0.2) is 0 Å². The zero-order valence-corrected chi connectivity index (χ0v) is 11.6. The number of carbonyl (C=O) groups excluding carboxylic acids is 1. The van der Waals surface area contributed by atoms with E-state index in [0.717, 1.165) is 12.0 Å². The van der Waals surface area contributed by atoms with Crippen LogP contribution in [0.2, 0.25) is 0 Å². The van der Waals surface area contributed by atoms with Crippen LogP contribution in [0, 0.1) is 5.92 Å². The van der Waals surface area contributed by atoms with Crippen LogP contribution in [0.1, 0.15) is 31.7 Å². The summed E-state index contributed by atoms with van der Waals surface area (Å²) in [4.78, 5) is 25.9. The highest BCUT2D eigenvalue weighted by atomic mass is 16.4. The monoisotopic (exact) mass is 279 g/mol. The molecular weight excluding hydrogens is 258 g/mol. The molecular formula is C14H21N3O3. The molecule has 0 aromatic carbocycles. The van der Waals surface area contributed by atoms with E-state index in [1.165, 1.54) is 0 Å². The smallest absolute Gasteiger partial charge is 0.315 e. The maximum Gasteiger partial charge on any atom is 0.315 e. The second-order valence-corrected chi connectivity index (χ2v) is 4.79. The van der Waals surface area contributed by atoms with Crippen molar-refractivity contribution in [1.29, 1.82) is 0 Å². The van der Waals surface area contributed by atoms with Crippen molar-refractivity contribution in [3.63, 3.8) is 0 Å². The average molecular weight is 279 g/mol. The fraction of sp³-hybridized carbons (Fsp3) is 0.500. The van der Waals surface area contributed by atoms with Crippen LogP contribution in [0.25, 0.3) is 0 Å². The lowest BCUT2D eigenvalue weighted by Gasteiger charge is -2.11. The first-order chi connectivity index (χ1) is 9.58. The van der Waals surface area contributed by atoms with E-state index in [1.54, 1.807) is 12.4 Å². The van der Waals surface area contributed by atoms with Gasteiger partial charge in [0, 0.05) is 31.9 Å². The van der Waals surface area contributed by atoms with Crippen LogP contribution in [0.5, 0.6) is 0 Å². The highest BCUT2D eigenvalue weighted by Crippen LogP contribution is 2.08. The number of rotatable bonds is 8. The molecule has 2 amide bonds. The van der Waals surface area contributed by atoms with Crippen LogP contribution < -0.4 is 10.6 Å². The largest absolute Gasteiger partial charge is 0.481 e. The normalized spacial score (nSPS) is 11.7. The van der Waals surface area contributed by atoms with Crippen LogP contribution in [0.4, 0.5) is 4.79 Å². The highest BCUT2D eigenvalue weighted by Gasteiger charge is 2.06. The van der Waals surface area contributed by atoms with Gasteiger partial charge in [0.05, 0.1) is 0 Å². The quantitative estimate of drug-likeness (QED) is 0.676. The molecule has 6 heteroatoms. The maximum absolute atomic E-state index is 11.5. The van der Waals surface area contributed by atoms with Crippen molar-refractivity contribution in [1.82, 2.24) is 15.6 Å². The predicted molar refractivity (Wildman–Crippen MR) is 75.1 cm³/mol. The molecule has 0 fully saturated rings. The van der Waals surface area contributed by atoms with Crippen molar-refractivity contribution in [3.8, 4) is 0 Å². The second kappa shape index (κ2) is 8.90. The van der Waals surface area contributed by atoms with E-state index in [1.807, 2.05) is 19.1 Å². The van der Waals surface area contributed by atoms with Gasteiger partial charge in [-0.05, 0) is 36.5 Å². The summed E-state index contributed by atoms with van der Waals surface area (Å²) in [7, 11) is 0. The zero-order chi connectivity index (χ0) is 14.8. The minimum atomic E-state index is -0.778. The van der Waals surface area contributed by atoms with Gasteiger partial charge in [-0.2, -0.15) is 0 Å². The summed E-state index contributed by atoms with van der Waals surface area (Å²) in [6, 6.07) is 3.47. The van der Waals surface area contributed by atoms with E-state index in [4.69, 9.17) is 5.11 Å². The van der Waals surface area contributed by atoms with E-state index in [0.29, 0.717) is 19.5 Å². The Morgan fingerprint density at radius 2 is 1.95 bits per heavy atom. The summed E-state index contributed by atoms with van der Waals surface area (Å²) >= 11 is 0. The molecule has 1 unspecified atom stereocenters. The first-order valence-corrected chi connectivity index (χ1v) is 6.70. The molecule has 20 heavy (non-hydrogen) atoms. The standard InChI is InChI=1S/C14H21N3O3/c1-11(2-3-13(18)19)4-9-16-14(20)17-10-12-5-7-15-8-6-12/h5-8,11H,2-4,9-10H2,1H3,(H,18,19)(H2,16,17,20). The Balaban J connectivity index is 2.09. The number of aromatic nitrogens is 1. The van der Waals surface area contributed by atoms with Crippen molar-refractivity contribution in [2.24, 2.45) is 5.92 Å². The number of nitrogens with zero attached hydrogens (tertiary/aromatic N) is 1. The van der Waals surface area contributed by atoms with Gasteiger partial charge in [-0.3, -0.25) is 9.78 Å². The molecule has 6 nitrogen and oxygen atoms in total. The molecule has 0 bridgehead atoms. The van der Waals surface area contributed by atoms with E-state index in [-0.39, 0.29) is 18.4 Å². The number of carbonyl (C=O) groups is 2. The van der Waals surface area contributed by atoms with Crippen molar-refractivity contribution in [3.05, 3.63) is 30.1 Å². The predicted octanol–water partition coefficient (Wildman–Crippen LogP) is 1.77. The molecule has 0 aliphatic heterocycles. The lowest BCUT2D eigenvalue weighted by molar-refractivity contribution is -0.137. The number of pyridine rings is 1. The number of hydrogen-bond donors (Lipinski definition) is 3. The Bertz CT molecular complexity index is 423. The van der Waals surface area contributed by atoms with Crippen LogP contribution in [0.15, 0.2) is 24.5 Å². The molecule has 3 N–H and O–H groups in total. The van der Waals surface area contributed by atoms with Crippen molar-refractivity contribution in [2.45, 2.75) is 32.7 Å². The van der Waals surface area contributed by atoms with E-state index < -0.39 is 5.97 Å². The fourth-order valence-corrected chi connectivity index (χ4v) is 1.69. The van der Waals surface area contributed by atoms with Crippen LogP contribution in [-0.4, -0.2) is 28.6 Å². The molecule has 0 saturated carbocycles. The lowest BCUT2D eigenvalue weighted by atomic mass is 10.0. The SMILES string of the molecule is CC(CCNC(=O)NCc1ccncc1)CCC(=O)O. The molecule has 1 rings (SSSR count). The lowest BCUT2D eigenvalue weighted by Crippen LogP contribution is -2.36. The first-order valence-electron chi connectivity index (χ1n) is 6.70. The Hall–Kier alpha value is -2.11. The van der Waals surface area contributed by atoms with E-state index >= 15 is 0 Å². The van der Waals surface area contributed by atoms with Gasteiger partial charge in [-0.25, -0.2) is 4.79 Å². The minimum Gasteiger partial charge on any atom is -0.481 e. The molecule has 0 saturated heterocycles. The first kappa shape index (κ1) is 15.9. The maximum atomic E-state index is 11.5. The van der Waals surface area contributed by atoms with Crippen LogP contribution in [-0.2, 0) is 11.3 Å². The van der Waals surface area contributed by atoms with Crippen LogP contribution >= 0.6 is 0 Å². The zero-order valence-electron chi connectivity index (χ0n) is 11.6. The van der Waals surface area contributed by atoms with Gasteiger partial charge in [0.1, 0.15) is 0 Å². The molecule has 0 spiro atoms. The highest BCUT2D eigenvalue weighted by molar-refractivity contribution is 5.73. The third kappa shape index (κ3) is 7.35. The van der Waals surface area contributed by atoms with Crippen molar-refractivity contribution >= 4 is 12.0 Å². The fourth-order valence-electron chi connectivity index (χ4n) is 1.69. The Kier molecular flexibility index (Phi) is 7.10. The van der Waals surface area contributed by atoms with Gasteiger partial charge in [0.25, 0.3) is 0 Å². The van der Waals surface area contributed by atoms with Crippen molar-refractivity contribution < 1.29 is 14.7 Å². The summed E-state index contributed by atoms with van der Waals surface area (Å²) in [6.45, 7) is 2.99. The molecule has 1 heterocycles. The summed E-state index contributed by atoms with van der Waals surface area (Å²) in [5, 5.41) is 14.1. The molecule has 1 aromatic heterocycles. The third-order valence-corrected chi connectivity index (χ3v) is 2.98. The molecule has 110 valence electrons. The number of carboxylic acids is 1. The number of amides is 2. The van der Waals surface area contributed by atoms with Gasteiger partial charge in [0.2, 0.25) is 0 Å². The number of hydrogen-bond acceptors (Lipinski definition) is 3. The topological polar surface area (TPSA) is 91.3 Å². The minimum absolute atomic E-state index is 0.176. The number of nitrogens with one attached hydrogen (secondary N) is 2. The van der Waals surface area contributed by atoms with Gasteiger partial charge in [-0.15, -0.1) is 0 Å². The summed E-state index contributed by atoms with van der Waals surface area (Å²) in [5.74, 6) is -0.494. The Labute approximate surface area is 118 Å². The van der Waals surface area contributed by atoms with E-state index in [2.05, 4.69) is 15.6 Å². The average Bonchev–Trinajstić information content (AvgIpc) is 2.44. The van der Waals surface area contributed by atoms with Gasteiger partial charge >= 0.3 is 12.0 Å². The molecule has 0 aliphatic carbocycles. The number of urea groups is 1. The summed E-state index contributed by atoms with van der Waals surface area (Å²) in [6.07, 6.45) is 4.94. The van der Waals surface area contributed by atoms with Gasteiger partial charge < -0.3 is 15.7 Å². The molecule has 1 atom stereocenters. The van der Waals surface area contributed by atoms with Crippen LogP contribution in [0.3, 0.4) is 0 Å². The summed E-state index contributed by atoms with van der Waals surface area (Å²) in [5.41, 5.74) is 0.991. The molecule has 1 aromatic rings. The number of carboxylic acid groups (broad SMARTS) is 1.